The molecule has 5 nitrogen and oxygen atoms in total. The second-order valence-electron chi connectivity index (χ2n) is 6.78. The van der Waals surface area contributed by atoms with Crippen molar-refractivity contribution in [1.29, 1.82) is 0 Å². The van der Waals surface area contributed by atoms with Crippen LogP contribution in [0.4, 0.5) is 5.69 Å². The first-order valence-corrected chi connectivity index (χ1v) is 10.6. The number of nitrogens with zero attached hydrogens (tertiary/aromatic N) is 2. The molecule has 2 aromatic carbocycles. The average molecular weight is 394 g/mol. The van der Waals surface area contributed by atoms with Crippen LogP contribution in [0.1, 0.15) is 21.7 Å². The van der Waals surface area contributed by atoms with E-state index in [1.165, 1.54) is 17.2 Å². The Kier molecular flexibility index (Phi) is 5.67. The van der Waals surface area contributed by atoms with Gasteiger partial charge in [-0.15, -0.1) is 0 Å². The largest absolute Gasteiger partial charge is 0.370 e. The van der Waals surface area contributed by atoms with Crippen molar-refractivity contribution in [3.8, 4) is 11.3 Å². The van der Waals surface area contributed by atoms with Gasteiger partial charge in [0.25, 0.3) is 5.91 Å². The van der Waals surface area contributed by atoms with Gasteiger partial charge in [0.1, 0.15) is 17.0 Å². The molecule has 1 aliphatic rings. The molecular weight excluding hydrogens is 370 g/mol. The molecule has 3 aromatic rings. The van der Waals surface area contributed by atoms with Gasteiger partial charge in [-0.3, -0.25) is 4.79 Å². The molecule has 0 unspecified atom stereocenters. The third-order valence-corrected chi connectivity index (χ3v) is 5.85. The highest BCUT2D eigenvalue weighted by atomic mass is 32.2. The van der Waals surface area contributed by atoms with Crippen LogP contribution in [0.15, 0.2) is 59.1 Å². The van der Waals surface area contributed by atoms with Crippen molar-refractivity contribution >= 4 is 23.4 Å². The fourth-order valence-corrected chi connectivity index (χ4v) is 4.25. The number of hydrogen-bond acceptors (Lipinski definition) is 5. The molecule has 6 heteroatoms. The minimum atomic E-state index is -0.172. The number of nitrogens with one attached hydrogen (secondary N) is 1. The predicted molar refractivity (Wildman–Crippen MR) is 114 cm³/mol. The second-order valence-corrected chi connectivity index (χ2v) is 8.00. The van der Waals surface area contributed by atoms with E-state index in [-0.39, 0.29) is 5.91 Å². The Morgan fingerprint density at radius 1 is 1.11 bits per heavy atom. The summed E-state index contributed by atoms with van der Waals surface area (Å²) >= 11 is 2.01. The van der Waals surface area contributed by atoms with E-state index in [0.29, 0.717) is 23.6 Å². The highest BCUT2D eigenvalue weighted by molar-refractivity contribution is 7.99. The molecule has 28 heavy (non-hydrogen) atoms. The molecule has 0 saturated carbocycles. The molecule has 0 spiro atoms. The standard InChI is InChI=1S/C22H23N3O2S/c1-16-20(21(24-27-16)18-5-3-2-4-6-18)22(26)23-15-17-7-9-19(10-8-17)25-11-13-28-14-12-25/h2-10H,11-15H2,1H3,(H,23,26). The minimum absolute atomic E-state index is 0.172. The summed E-state index contributed by atoms with van der Waals surface area (Å²) in [6, 6.07) is 18.1. The number of benzene rings is 2. The summed E-state index contributed by atoms with van der Waals surface area (Å²) in [5.74, 6) is 2.71. The fraction of sp³-hybridized carbons (Fsp3) is 0.273. The number of carbonyl (C=O) groups excluding carboxylic acids is 1. The van der Waals surface area contributed by atoms with Crippen LogP contribution in [0, 0.1) is 6.92 Å². The Morgan fingerprint density at radius 2 is 1.82 bits per heavy atom. The van der Waals surface area contributed by atoms with Crippen LogP contribution in [0.5, 0.6) is 0 Å². The third kappa shape index (κ3) is 4.07. The monoisotopic (exact) mass is 393 g/mol. The predicted octanol–water partition coefficient (Wildman–Crippen LogP) is 4.13. The number of hydrogen-bond donors (Lipinski definition) is 1. The van der Waals surface area contributed by atoms with Gasteiger partial charge in [-0.1, -0.05) is 47.6 Å². The number of thioether (sulfide) groups is 1. The molecule has 4 rings (SSSR count). The lowest BCUT2D eigenvalue weighted by molar-refractivity contribution is 0.0950. The van der Waals surface area contributed by atoms with E-state index < -0.39 is 0 Å². The van der Waals surface area contributed by atoms with E-state index in [1.54, 1.807) is 6.92 Å². The van der Waals surface area contributed by atoms with Gasteiger partial charge in [-0.25, -0.2) is 0 Å². The van der Waals surface area contributed by atoms with Crippen LogP contribution in [-0.4, -0.2) is 35.7 Å². The molecule has 144 valence electrons. The number of anilines is 1. The lowest BCUT2D eigenvalue weighted by Gasteiger charge is -2.28. The van der Waals surface area contributed by atoms with Gasteiger partial charge >= 0.3 is 0 Å². The topological polar surface area (TPSA) is 58.4 Å². The molecule has 0 atom stereocenters. The van der Waals surface area contributed by atoms with Gasteiger partial charge in [0, 0.05) is 42.4 Å². The Labute approximate surface area is 169 Å². The second kappa shape index (κ2) is 8.52. The maximum Gasteiger partial charge on any atom is 0.257 e. The van der Waals surface area contributed by atoms with Crippen LogP contribution in [-0.2, 0) is 6.54 Å². The molecule has 1 saturated heterocycles. The third-order valence-electron chi connectivity index (χ3n) is 4.90. The van der Waals surface area contributed by atoms with Gasteiger partial charge in [-0.2, -0.15) is 11.8 Å². The molecule has 2 heterocycles. The molecular formula is C22H23N3O2S. The lowest BCUT2D eigenvalue weighted by atomic mass is 10.1. The number of amides is 1. The highest BCUT2D eigenvalue weighted by Gasteiger charge is 2.21. The average Bonchev–Trinajstić information content (AvgIpc) is 3.15. The summed E-state index contributed by atoms with van der Waals surface area (Å²) in [4.78, 5) is 15.2. The molecule has 1 aliphatic heterocycles. The van der Waals surface area contributed by atoms with Crippen molar-refractivity contribution in [3.63, 3.8) is 0 Å². The lowest BCUT2D eigenvalue weighted by Crippen LogP contribution is -2.32. The zero-order valence-electron chi connectivity index (χ0n) is 15.9. The molecule has 0 radical (unpaired) electrons. The first kappa shape index (κ1) is 18.6. The van der Waals surface area contributed by atoms with Crippen LogP contribution in [0.3, 0.4) is 0 Å². The Bertz CT molecular complexity index is 932. The summed E-state index contributed by atoms with van der Waals surface area (Å²) in [6.07, 6.45) is 0. The maximum absolute atomic E-state index is 12.8. The quantitative estimate of drug-likeness (QED) is 0.706. The van der Waals surface area contributed by atoms with Crippen LogP contribution >= 0.6 is 11.8 Å². The zero-order valence-corrected chi connectivity index (χ0v) is 16.7. The fourth-order valence-electron chi connectivity index (χ4n) is 3.35. The highest BCUT2D eigenvalue weighted by Crippen LogP contribution is 2.25. The van der Waals surface area contributed by atoms with E-state index in [0.717, 1.165) is 24.2 Å². The van der Waals surface area contributed by atoms with Gasteiger partial charge in [0.05, 0.1) is 0 Å². The van der Waals surface area contributed by atoms with Crippen molar-refractivity contribution in [1.82, 2.24) is 10.5 Å². The van der Waals surface area contributed by atoms with Crippen molar-refractivity contribution in [2.45, 2.75) is 13.5 Å². The van der Waals surface area contributed by atoms with E-state index in [1.807, 2.05) is 42.1 Å². The minimum Gasteiger partial charge on any atom is -0.370 e. The Hall–Kier alpha value is -2.73. The number of aromatic nitrogens is 1. The van der Waals surface area contributed by atoms with Crippen LogP contribution in [0.25, 0.3) is 11.3 Å². The van der Waals surface area contributed by atoms with E-state index >= 15 is 0 Å². The van der Waals surface area contributed by atoms with Crippen molar-refractivity contribution in [2.75, 3.05) is 29.5 Å². The van der Waals surface area contributed by atoms with E-state index in [4.69, 9.17) is 4.52 Å². The summed E-state index contributed by atoms with van der Waals surface area (Å²) < 4.78 is 5.29. The van der Waals surface area contributed by atoms with E-state index in [9.17, 15) is 4.79 Å². The van der Waals surface area contributed by atoms with Crippen molar-refractivity contribution in [2.24, 2.45) is 0 Å². The molecule has 1 amide bonds. The first-order valence-electron chi connectivity index (χ1n) is 9.44. The van der Waals surface area contributed by atoms with Gasteiger partial charge in [-0.05, 0) is 24.6 Å². The summed E-state index contributed by atoms with van der Waals surface area (Å²) in [5.41, 5.74) is 4.26. The SMILES string of the molecule is Cc1onc(-c2ccccc2)c1C(=O)NCc1ccc(N2CCSCC2)cc1. The van der Waals surface area contributed by atoms with Crippen molar-refractivity contribution < 1.29 is 9.32 Å². The Morgan fingerprint density at radius 3 is 2.54 bits per heavy atom. The number of rotatable bonds is 5. The van der Waals surface area contributed by atoms with E-state index in [2.05, 4.69) is 39.6 Å². The summed E-state index contributed by atoms with van der Waals surface area (Å²) in [5, 5.41) is 7.08. The van der Waals surface area contributed by atoms with Gasteiger partial charge < -0.3 is 14.7 Å². The Balaban J connectivity index is 1.43. The molecule has 0 aliphatic carbocycles. The van der Waals surface area contributed by atoms with Crippen LogP contribution < -0.4 is 10.2 Å². The zero-order chi connectivity index (χ0) is 19.3. The maximum atomic E-state index is 12.8. The molecule has 1 fully saturated rings. The molecule has 0 bridgehead atoms. The molecule has 1 aromatic heterocycles. The number of aryl methyl sites for hydroxylation is 1. The molecule has 1 N–H and O–H groups in total. The van der Waals surface area contributed by atoms with Gasteiger partial charge in [0.15, 0.2) is 0 Å². The van der Waals surface area contributed by atoms with Gasteiger partial charge in [0.2, 0.25) is 0 Å². The number of carbonyl (C=O) groups is 1. The smallest absolute Gasteiger partial charge is 0.257 e. The first-order chi connectivity index (χ1) is 13.7. The summed E-state index contributed by atoms with van der Waals surface area (Å²) in [7, 11) is 0. The van der Waals surface area contributed by atoms with Crippen LogP contribution in [0.2, 0.25) is 0 Å². The summed E-state index contributed by atoms with van der Waals surface area (Å²) in [6.45, 7) is 4.42. The normalized spacial score (nSPS) is 14.1. The van der Waals surface area contributed by atoms with Crippen molar-refractivity contribution in [3.05, 3.63) is 71.5 Å².